The summed E-state index contributed by atoms with van der Waals surface area (Å²) in [5.74, 6) is 1.32. The van der Waals surface area contributed by atoms with Crippen LogP contribution in [0.2, 0.25) is 0 Å². The molecule has 7 atom stereocenters. The molecule has 2 bridgehead atoms. The standard InChI is InChI=1S/C12H20O4/c1-5(2)11(13)15-9-6-3-7-8(4-6)12(14)16-10(7)9/h5-14H,3-4H2,1-2H3. The summed E-state index contributed by atoms with van der Waals surface area (Å²) in [5.41, 5.74) is 0. The molecule has 0 aromatic rings. The highest BCUT2D eigenvalue weighted by Crippen LogP contribution is 2.56. The maximum absolute atomic E-state index is 9.77. The number of rotatable bonds is 3. The van der Waals surface area contributed by atoms with Crippen LogP contribution in [0, 0.1) is 23.7 Å². The molecule has 2 N–H and O–H groups in total. The van der Waals surface area contributed by atoms with Crippen molar-refractivity contribution < 1.29 is 19.7 Å². The van der Waals surface area contributed by atoms with Gasteiger partial charge in [0.1, 0.15) is 0 Å². The van der Waals surface area contributed by atoms with Crippen LogP contribution < -0.4 is 0 Å². The van der Waals surface area contributed by atoms with E-state index in [1.54, 1.807) is 0 Å². The van der Waals surface area contributed by atoms with E-state index in [1.807, 2.05) is 13.8 Å². The first-order chi connectivity index (χ1) is 7.58. The minimum atomic E-state index is -0.718. The third kappa shape index (κ3) is 1.44. The average molecular weight is 228 g/mol. The van der Waals surface area contributed by atoms with Crippen molar-refractivity contribution in [3.63, 3.8) is 0 Å². The highest BCUT2D eigenvalue weighted by molar-refractivity contribution is 5.07. The molecule has 2 saturated carbocycles. The SMILES string of the molecule is CC(C)C(O)OC1C2CC3C(O)OC1C3C2. The van der Waals surface area contributed by atoms with Gasteiger partial charge in [0.15, 0.2) is 12.6 Å². The summed E-state index contributed by atoms with van der Waals surface area (Å²) in [5, 5.41) is 19.5. The molecule has 0 aromatic heterocycles. The third-order valence-corrected chi connectivity index (χ3v) is 4.44. The molecule has 0 amide bonds. The molecular weight excluding hydrogens is 208 g/mol. The Morgan fingerprint density at radius 1 is 1.25 bits per heavy atom. The molecule has 0 radical (unpaired) electrons. The third-order valence-electron chi connectivity index (χ3n) is 4.44. The Labute approximate surface area is 95.6 Å². The van der Waals surface area contributed by atoms with Crippen LogP contribution >= 0.6 is 0 Å². The number of hydrogen-bond acceptors (Lipinski definition) is 4. The number of aliphatic hydroxyl groups is 2. The Morgan fingerprint density at radius 3 is 2.62 bits per heavy atom. The Hall–Kier alpha value is -0.160. The fourth-order valence-corrected chi connectivity index (χ4v) is 3.58. The Balaban J connectivity index is 1.70. The van der Waals surface area contributed by atoms with Gasteiger partial charge in [0.25, 0.3) is 0 Å². The van der Waals surface area contributed by atoms with Crippen LogP contribution in [0.25, 0.3) is 0 Å². The summed E-state index contributed by atoms with van der Waals surface area (Å²) in [6.07, 6.45) is 0.733. The molecule has 3 rings (SSSR count). The van der Waals surface area contributed by atoms with Crippen LogP contribution in [0.5, 0.6) is 0 Å². The maximum atomic E-state index is 9.77. The fraction of sp³-hybridized carbons (Fsp3) is 1.00. The molecule has 1 aliphatic heterocycles. The lowest BCUT2D eigenvalue weighted by molar-refractivity contribution is -0.203. The van der Waals surface area contributed by atoms with Gasteiger partial charge in [-0.25, -0.2) is 0 Å². The van der Waals surface area contributed by atoms with Crippen molar-refractivity contribution in [2.75, 3.05) is 0 Å². The largest absolute Gasteiger partial charge is 0.368 e. The predicted octanol–water partition coefficient (Wildman–Crippen LogP) is 0.719. The molecule has 4 nitrogen and oxygen atoms in total. The molecule has 7 unspecified atom stereocenters. The van der Waals surface area contributed by atoms with Gasteiger partial charge in [-0.05, 0) is 24.7 Å². The van der Waals surface area contributed by atoms with Crippen LogP contribution in [-0.2, 0) is 9.47 Å². The molecule has 3 fully saturated rings. The van der Waals surface area contributed by atoms with Crippen molar-refractivity contribution in [3.8, 4) is 0 Å². The van der Waals surface area contributed by atoms with E-state index in [9.17, 15) is 10.2 Å². The topological polar surface area (TPSA) is 58.9 Å². The number of ether oxygens (including phenoxy) is 2. The summed E-state index contributed by atoms with van der Waals surface area (Å²) in [4.78, 5) is 0. The van der Waals surface area contributed by atoms with E-state index in [2.05, 4.69) is 0 Å². The van der Waals surface area contributed by atoms with Gasteiger partial charge in [-0.1, -0.05) is 13.8 Å². The lowest BCUT2D eigenvalue weighted by atomic mass is 9.87. The first kappa shape index (κ1) is 11.0. The van der Waals surface area contributed by atoms with Crippen molar-refractivity contribution in [2.45, 2.75) is 51.5 Å². The second kappa shape index (κ2) is 3.67. The van der Waals surface area contributed by atoms with Crippen LogP contribution in [0.15, 0.2) is 0 Å². The van der Waals surface area contributed by atoms with Crippen molar-refractivity contribution >= 4 is 0 Å². The number of hydrogen-bond donors (Lipinski definition) is 2. The first-order valence-electron chi connectivity index (χ1n) is 6.25. The summed E-state index contributed by atoms with van der Waals surface area (Å²) < 4.78 is 11.3. The predicted molar refractivity (Wildman–Crippen MR) is 56.3 cm³/mol. The molecule has 1 heterocycles. The van der Waals surface area contributed by atoms with Gasteiger partial charge in [-0.2, -0.15) is 0 Å². The monoisotopic (exact) mass is 228 g/mol. The number of aliphatic hydroxyl groups excluding tert-OH is 2. The van der Waals surface area contributed by atoms with Crippen LogP contribution in [0.4, 0.5) is 0 Å². The van der Waals surface area contributed by atoms with Gasteiger partial charge in [0.2, 0.25) is 0 Å². The molecule has 1 saturated heterocycles. The first-order valence-corrected chi connectivity index (χ1v) is 6.25. The summed E-state index contributed by atoms with van der Waals surface area (Å²) >= 11 is 0. The van der Waals surface area contributed by atoms with Gasteiger partial charge in [-0.15, -0.1) is 0 Å². The van der Waals surface area contributed by atoms with Gasteiger partial charge < -0.3 is 19.7 Å². The Kier molecular flexibility index (Phi) is 2.51. The zero-order valence-electron chi connectivity index (χ0n) is 9.74. The van der Waals surface area contributed by atoms with E-state index in [4.69, 9.17) is 9.47 Å². The van der Waals surface area contributed by atoms with E-state index in [1.165, 1.54) is 0 Å². The minimum Gasteiger partial charge on any atom is -0.368 e. The van der Waals surface area contributed by atoms with Crippen LogP contribution in [0.3, 0.4) is 0 Å². The van der Waals surface area contributed by atoms with Crippen molar-refractivity contribution in [1.82, 2.24) is 0 Å². The highest BCUT2D eigenvalue weighted by Gasteiger charge is 2.61. The number of fused-ring (bicyclic) bond motifs is 1. The van der Waals surface area contributed by atoms with Crippen LogP contribution in [-0.4, -0.2) is 35.0 Å². The second-order valence-electron chi connectivity index (χ2n) is 5.79. The fourth-order valence-electron chi connectivity index (χ4n) is 3.58. The quantitative estimate of drug-likeness (QED) is 0.699. The molecule has 0 aromatic carbocycles. The zero-order valence-corrected chi connectivity index (χ0v) is 9.74. The zero-order chi connectivity index (χ0) is 11.4. The lowest BCUT2D eigenvalue weighted by Crippen LogP contribution is -2.38. The van der Waals surface area contributed by atoms with Crippen molar-refractivity contribution in [3.05, 3.63) is 0 Å². The van der Waals surface area contributed by atoms with E-state index < -0.39 is 12.6 Å². The summed E-state index contributed by atoms with van der Waals surface area (Å²) in [6, 6.07) is 0. The van der Waals surface area contributed by atoms with E-state index in [0.717, 1.165) is 12.8 Å². The van der Waals surface area contributed by atoms with Gasteiger partial charge in [0.05, 0.1) is 12.2 Å². The van der Waals surface area contributed by atoms with Gasteiger partial charge in [-0.3, -0.25) is 0 Å². The molecule has 92 valence electrons. The Bertz CT molecular complexity index is 280. The normalized spacial score (nSPS) is 51.6. The summed E-state index contributed by atoms with van der Waals surface area (Å²) in [6.45, 7) is 3.87. The highest BCUT2D eigenvalue weighted by atomic mass is 16.7. The molecule has 16 heavy (non-hydrogen) atoms. The smallest absolute Gasteiger partial charge is 0.158 e. The van der Waals surface area contributed by atoms with E-state index in [-0.39, 0.29) is 18.1 Å². The lowest BCUT2D eigenvalue weighted by Gasteiger charge is -2.29. The Morgan fingerprint density at radius 2 is 1.94 bits per heavy atom. The van der Waals surface area contributed by atoms with Gasteiger partial charge >= 0.3 is 0 Å². The van der Waals surface area contributed by atoms with Crippen molar-refractivity contribution in [1.29, 1.82) is 0 Å². The van der Waals surface area contributed by atoms with Crippen LogP contribution in [0.1, 0.15) is 26.7 Å². The van der Waals surface area contributed by atoms with Crippen molar-refractivity contribution in [2.24, 2.45) is 23.7 Å². The molecule has 3 aliphatic rings. The second-order valence-corrected chi connectivity index (χ2v) is 5.79. The maximum Gasteiger partial charge on any atom is 0.158 e. The molecule has 2 aliphatic carbocycles. The summed E-state index contributed by atoms with van der Waals surface area (Å²) in [7, 11) is 0. The molecular formula is C12H20O4. The average Bonchev–Trinajstić information content (AvgIpc) is 2.81. The van der Waals surface area contributed by atoms with E-state index in [0.29, 0.717) is 17.8 Å². The molecule has 0 spiro atoms. The minimum absolute atomic E-state index is 0.00662. The van der Waals surface area contributed by atoms with Gasteiger partial charge in [0, 0.05) is 11.8 Å². The molecule has 4 heteroatoms. The van der Waals surface area contributed by atoms with E-state index >= 15 is 0 Å².